The zero-order valence-corrected chi connectivity index (χ0v) is 17.7. The fraction of sp³-hybridized carbons (Fsp3) is 0.130. The highest BCUT2D eigenvalue weighted by atomic mass is 35.5. The van der Waals surface area contributed by atoms with E-state index in [4.69, 9.17) is 11.6 Å². The minimum Gasteiger partial charge on any atom is -0.435 e. The molecule has 4 rings (SSSR count). The van der Waals surface area contributed by atoms with Crippen molar-refractivity contribution in [3.05, 3.63) is 88.9 Å². The molecule has 0 spiro atoms. The van der Waals surface area contributed by atoms with E-state index >= 15 is 0 Å². The van der Waals surface area contributed by atoms with Crippen LogP contribution in [0.25, 0.3) is 11.0 Å². The fourth-order valence-electron chi connectivity index (χ4n) is 3.15. The molecule has 1 aromatic heterocycles. The van der Waals surface area contributed by atoms with E-state index in [0.717, 1.165) is 16.6 Å². The molecule has 4 aromatic rings. The van der Waals surface area contributed by atoms with Gasteiger partial charge in [-0.25, -0.2) is 4.98 Å². The molecule has 31 heavy (non-hydrogen) atoms. The predicted octanol–water partition coefficient (Wildman–Crippen LogP) is 6.31. The van der Waals surface area contributed by atoms with Crippen molar-refractivity contribution in [1.82, 2.24) is 9.55 Å². The number of fused-ring (bicyclic) bond motifs is 1. The zero-order chi connectivity index (χ0) is 21.8. The standard InChI is InChI=1S/C23H17ClF2N2O2S/c24-17-8-11-20-19(12-17)27-23(28(20)13-15-4-2-1-3-5-15)31-14-21(29)16-6-9-18(10-7-16)30-22(25)26/h1-12,22H,13-14H2. The van der Waals surface area contributed by atoms with Gasteiger partial charge >= 0.3 is 6.61 Å². The summed E-state index contributed by atoms with van der Waals surface area (Å²) in [5, 5.41) is 1.29. The number of hydrogen-bond donors (Lipinski definition) is 0. The second kappa shape index (κ2) is 9.49. The van der Waals surface area contributed by atoms with E-state index in [9.17, 15) is 13.6 Å². The maximum absolute atomic E-state index is 12.6. The summed E-state index contributed by atoms with van der Waals surface area (Å²) >= 11 is 7.45. The van der Waals surface area contributed by atoms with Gasteiger partial charge in [-0.05, 0) is 48.0 Å². The Hall–Kier alpha value is -2.90. The van der Waals surface area contributed by atoms with Gasteiger partial charge in [0.05, 0.1) is 23.3 Å². The first-order valence-electron chi connectivity index (χ1n) is 9.40. The van der Waals surface area contributed by atoms with Crippen molar-refractivity contribution in [3.8, 4) is 5.75 Å². The third-order valence-corrected chi connectivity index (χ3v) is 5.80. The summed E-state index contributed by atoms with van der Waals surface area (Å²) in [6.45, 7) is -2.29. The Balaban J connectivity index is 1.54. The van der Waals surface area contributed by atoms with Gasteiger partial charge in [-0.2, -0.15) is 8.78 Å². The monoisotopic (exact) mass is 458 g/mol. The number of ketones is 1. The van der Waals surface area contributed by atoms with Gasteiger partial charge in [-0.1, -0.05) is 53.7 Å². The predicted molar refractivity (Wildman–Crippen MR) is 118 cm³/mol. The molecule has 0 fully saturated rings. The van der Waals surface area contributed by atoms with Crippen molar-refractivity contribution in [2.45, 2.75) is 18.3 Å². The van der Waals surface area contributed by atoms with Crippen molar-refractivity contribution in [3.63, 3.8) is 0 Å². The van der Waals surface area contributed by atoms with Crippen molar-refractivity contribution < 1.29 is 18.3 Å². The molecular formula is C23H17ClF2N2O2S. The average molecular weight is 459 g/mol. The minimum atomic E-state index is -2.90. The average Bonchev–Trinajstić information content (AvgIpc) is 3.09. The van der Waals surface area contributed by atoms with Crippen LogP contribution in [0.5, 0.6) is 5.75 Å². The van der Waals surface area contributed by atoms with Gasteiger partial charge in [0.1, 0.15) is 5.75 Å². The van der Waals surface area contributed by atoms with Crippen LogP contribution < -0.4 is 4.74 Å². The Labute approximate surface area is 186 Å². The third kappa shape index (κ3) is 5.24. The van der Waals surface area contributed by atoms with E-state index in [-0.39, 0.29) is 17.3 Å². The van der Waals surface area contributed by atoms with Gasteiger partial charge in [-0.15, -0.1) is 0 Å². The zero-order valence-electron chi connectivity index (χ0n) is 16.2. The molecule has 0 N–H and O–H groups in total. The molecule has 158 valence electrons. The Morgan fingerprint density at radius 2 is 1.81 bits per heavy atom. The highest BCUT2D eigenvalue weighted by molar-refractivity contribution is 7.99. The lowest BCUT2D eigenvalue weighted by molar-refractivity contribution is -0.0498. The van der Waals surface area contributed by atoms with Crippen LogP contribution in [-0.2, 0) is 6.54 Å². The van der Waals surface area contributed by atoms with Gasteiger partial charge in [0.25, 0.3) is 0 Å². The molecule has 4 nitrogen and oxygen atoms in total. The summed E-state index contributed by atoms with van der Waals surface area (Å²) in [5.74, 6) is 0.0339. The lowest BCUT2D eigenvalue weighted by Gasteiger charge is -2.09. The molecule has 3 aromatic carbocycles. The van der Waals surface area contributed by atoms with E-state index in [1.165, 1.54) is 36.0 Å². The van der Waals surface area contributed by atoms with Crippen LogP contribution in [0.1, 0.15) is 15.9 Å². The lowest BCUT2D eigenvalue weighted by atomic mass is 10.1. The fourth-order valence-corrected chi connectivity index (χ4v) is 4.22. The molecule has 0 aliphatic carbocycles. The number of alkyl halides is 2. The van der Waals surface area contributed by atoms with E-state index in [1.54, 1.807) is 6.07 Å². The van der Waals surface area contributed by atoms with Gasteiger partial charge in [-0.3, -0.25) is 4.79 Å². The normalized spacial score (nSPS) is 11.2. The molecule has 8 heteroatoms. The number of imidazole rings is 1. The number of ether oxygens (including phenoxy) is 1. The quantitative estimate of drug-likeness (QED) is 0.229. The number of thioether (sulfide) groups is 1. The van der Waals surface area contributed by atoms with Crippen LogP contribution >= 0.6 is 23.4 Å². The van der Waals surface area contributed by atoms with Crippen LogP contribution in [0.3, 0.4) is 0 Å². The lowest BCUT2D eigenvalue weighted by Crippen LogP contribution is -2.06. The maximum atomic E-state index is 12.6. The SMILES string of the molecule is O=C(CSc1nc2cc(Cl)ccc2n1Cc1ccccc1)c1ccc(OC(F)F)cc1. The molecule has 0 bridgehead atoms. The van der Waals surface area contributed by atoms with Crippen molar-refractivity contribution in [2.24, 2.45) is 0 Å². The molecule has 0 amide bonds. The van der Waals surface area contributed by atoms with Gasteiger partial charge < -0.3 is 9.30 Å². The summed E-state index contributed by atoms with van der Waals surface area (Å²) in [4.78, 5) is 17.3. The summed E-state index contributed by atoms with van der Waals surface area (Å²) in [6.07, 6.45) is 0. The highest BCUT2D eigenvalue weighted by Crippen LogP contribution is 2.28. The Morgan fingerprint density at radius 3 is 2.52 bits per heavy atom. The topological polar surface area (TPSA) is 44.1 Å². The molecule has 0 saturated heterocycles. The Kier molecular flexibility index (Phi) is 6.53. The number of nitrogens with zero attached hydrogens (tertiary/aromatic N) is 2. The Bertz CT molecular complexity index is 1200. The van der Waals surface area contributed by atoms with E-state index in [0.29, 0.717) is 22.3 Å². The number of benzene rings is 3. The number of carbonyl (C=O) groups is 1. The van der Waals surface area contributed by atoms with Crippen LogP contribution in [0, 0.1) is 0 Å². The van der Waals surface area contributed by atoms with Crippen LogP contribution in [0.15, 0.2) is 78.0 Å². The van der Waals surface area contributed by atoms with Gasteiger partial charge in [0.15, 0.2) is 10.9 Å². The van der Waals surface area contributed by atoms with Gasteiger partial charge in [0, 0.05) is 10.6 Å². The molecule has 0 aliphatic rings. The first kappa shape index (κ1) is 21.3. The number of aromatic nitrogens is 2. The van der Waals surface area contributed by atoms with E-state index < -0.39 is 6.61 Å². The molecule has 1 heterocycles. The second-order valence-electron chi connectivity index (χ2n) is 6.71. The van der Waals surface area contributed by atoms with Crippen molar-refractivity contribution in [2.75, 3.05) is 5.75 Å². The smallest absolute Gasteiger partial charge is 0.387 e. The van der Waals surface area contributed by atoms with Crippen LogP contribution in [-0.4, -0.2) is 27.7 Å². The van der Waals surface area contributed by atoms with Crippen molar-refractivity contribution in [1.29, 1.82) is 0 Å². The first-order chi connectivity index (χ1) is 15.0. The number of rotatable bonds is 8. The van der Waals surface area contributed by atoms with Crippen LogP contribution in [0.4, 0.5) is 8.78 Å². The molecule has 0 unspecified atom stereocenters. The van der Waals surface area contributed by atoms with Crippen LogP contribution in [0.2, 0.25) is 5.02 Å². The molecule has 0 radical (unpaired) electrons. The third-order valence-electron chi connectivity index (χ3n) is 4.59. The summed E-state index contributed by atoms with van der Waals surface area (Å²) in [7, 11) is 0. The molecule has 0 saturated carbocycles. The minimum absolute atomic E-state index is 0.0146. The number of carbonyl (C=O) groups excluding carboxylic acids is 1. The number of halogens is 3. The van der Waals surface area contributed by atoms with E-state index in [2.05, 4.69) is 14.3 Å². The van der Waals surface area contributed by atoms with Crippen molar-refractivity contribution >= 4 is 40.2 Å². The largest absolute Gasteiger partial charge is 0.435 e. The highest BCUT2D eigenvalue weighted by Gasteiger charge is 2.15. The summed E-state index contributed by atoms with van der Waals surface area (Å²) in [6, 6.07) is 21.2. The second-order valence-corrected chi connectivity index (χ2v) is 8.09. The molecule has 0 aliphatic heterocycles. The van der Waals surface area contributed by atoms with Gasteiger partial charge in [0.2, 0.25) is 0 Å². The molecular weight excluding hydrogens is 442 g/mol. The number of hydrogen-bond acceptors (Lipinski definition) is 4. The Morgan fingerprint density at radius 1 is 1.06 bits per heavy atom. The summed E-state index contributed by atoms with van der Waals surface area (Å²) < 4.78 is 30.9. The number of Topliss-reactive ketones (excluding diaryl/α,β-unsaturated/α-hetero) is 1. The maximum Gasteiger partial charge on any atom is 0.387 e. The summed E-state index contributed by atoms with van der Waals surface area (Å²) in [5.41, 5.74) is 3.21. The van der Waals surface area contributed by atoms with E-state index in [1.807, 2.05) is 42.5 Å². The molecule has 0 atom stereocenters. The first-order valence-corrected chi connectivity index (χ1v) is 10.8.